The number of carbonyl (C=O) groups excluding carboxylic acids is 3. The van der Waals surface area contributed by atoms with Crippen molar-refractivity contribution in [3.05, 3.63) is 83.9 Å². The van der Waals surface area contributed by atoms with E-state index in [2.05, 4.69) is 15.6 Å². The molecule has 1 unspecified atom stereocenters. The predicted molar refractivity (Wildman–Crippen MR) is 134 cm³/mol. The van der Waals surface area contributed by atoms with Gasteiger partial charge in [0.15, 0.2) is 5.13 Å². The number of hydrogen-bond donors (Lipinski definition) is 2. The minimum atomic E-state index is -0.432. The zero-order chi connectivity index (χ0) is 23.7. The molecule has 8 heteroatoms. The van der Waals surface area contributed by atoms with Crippen LogP contribution >= 0.6 is 11.3 Å². The number of fused-ring (bicyclic) bond motifs is 1. The topological polar surface area (TPSA) is 91.4 Å². The Morgan fingerprint density at radius 2 is 1.76 bits per heavy atom. The van der Waals surface area contributed by atoms with E-state index < -0.39 is 5.92 Å². The van der Waals surface area contributed by atoms with Gasteiger partial charge in [-0.1, -0.05) is 35.6 Å². The molecular weight excluding hydrogens is 448 g/mol. The van der Waals surface area contributed by atoms with Crippen LogP contribution in [0.2, 0.25) is 0 Å². The van der Waals surface area contributed by atoms with Gasteiger partial charge in [0.25, 0.3) is 5.91 Å². The van der Waals surface area contributed by atoms with Gasteiger partial charge in [0.05, 0.1) is 16.1 Å². The van der Waals surface area contributed by atoms with Gasteiger partial charge in [-0.05, 0) is 61.0 Å². The van der Waals surface area contributed by atoms with Crippen molar-refractivity contribution in [2.45, 2.75) is 13.3 Å². The maximum atomic E-state index is 12.7. The Balaban J connectivity index is 1.20. The summed E-state index contributed by atoms with van der Waals surface area (Å²) in [5.74, 6) is -0.982. The molecule has 0 bridgehead atoms. The summed E-state index contributed by atoms with van der Waals surface area (Å²) in [5.41, 5.74) is 3.81. The molecular formula is C26H22N4O3S. The van der Waals surface area contributed by atoms with E-state index in [1.807, 2.05) is 55.5 Å². The number of nitrogens with one attached hydrogen (secondary N) is 2. The highest BCUT2D eigenvalue weighted by molar-refractivity contribution is 7.22. The molecule has 1 fully saturated rings. The molecule has 170 valence electrons. The number of rotatable bonds is 5. The van der Waals surface area contributed by atoms with Crippen molar-refractivity contribution in [2.75, 3.05) is 22.1 Å². The van der Waals surface area contributed by atoms with E-state index in [1.54, 1.807) is 29.2 Å². The minimum absolute atomic E-state index is 0.0663. The lowest BCUT2D eigenvalue weighted by molar-refractivity contribution is -0.122. The minimum Gasteiger partial charge on any atom is -0.326 e. The van der Waals surface area contributed by atoms with Gasteiger partial charge >= 0.3 is 0 Å². The molecule has 0 radical (unpaired) electrons. The summed E-state index contributed by atoms with van der Waals surface area (Å²) in [5, 5.41) is 6.23. The lowest BCUT2D eigenvalue weighted by atomic mass is 10.1. The van der Waals surface area contributed by atoms with E-state index in [0.29, 0.717) is 22.9 Å². The summed E-state index contributed by atoms with van der Waals surface area (Å²) in [4.78, 5) is 43.8. The molecule has 2 N–H and O–H groups in total. The molecule has 5 rings (SSSR count). The molecule has 0 aliphatic carbocycles. The van der Waals surface area contributed by atoms with Crippen molar-refractivity contribution in [3.63, 3.8) is 0 Å². The number of nitrogens with zero attached hydrogens (tertiary/aromatic N) is 2. The Labute approximate surface area is 200 Å². The fourth-order valence-electron chi connectivity index (χ4n) is 3.94. The van der Waals surface area contributed by atoms with Gasteiger partial charge in [-0.3, -0.25) is 19.7 Å². The third-order valence-electron chi connectivity index (χ3n) is 5.74. The number of carbonyl (C=O) groups is 3. The molecule has 1 aliphatic heterocycles. The highest BCUT2D eigenvalue weighted by Gasteiger charge is 2.35. The molecule has 1 saturated heterocycles. The molecule has 1 aliphatic rings. The maximum Gasteiger partial charge on any atom is 0.257 e. The second kappa shape index (κ2) is 9.07. The molecule has 0 saturated carbocycles. The molecule has 0 spiro atoms. The van der Waals surface area contributed by atoms with Crippen molar-refractivity contribution in [1.82, 2.24) is 4.98 Å². The SMILES string of the molecule is Cc1ccc2nc(NC(=O)c3ccc(NC(=O)C4CC(=O)N(c5ccccc5)C4)cc3)sc2c1. The van der Waals surface area contributed by atoms with Gasteiger partial charge in [-0.15, -0.1) is 0 Å². The molecule has 2 heterocycles. The van der Waals surface area contributed by atoms with E-state index in [0.717, 1.165) is 21.5 Å². The smallest absolute Gasteiger partial charge is 0.257 e. The summed E-state index contributed by atoms with van der Waals surface area (Å²) < 4.78 is 1.02. The van der Waals surface area contributed by atoms with Gasteiger partial charge < -0.3 is 10.2 Å². The zero-order valence-corrected chi connectivity index (χ0v) is 19.3. The number of anilines is 3. The van der Waals surface area contributed by atoms with E-state index in [4.69, 9.17) is 0 Å². The standard InChI is InChI=1S/C26H22N4O3S/c1-16-7-12-21-22(13-16)34-26(28-21)29-24(32)17-8-10-19(11-9-17)27-25(33)18-14-23(31)30(15-18)20-5-3-2-4-6-20/h2-13,18H,14-15H2,1H3,(H,27,33)(H,28,29,32). The van der Waals surface area contributed by atoms with Gasteiger partial charge in [0.2, 0.25) is 11.8 Å². The third kappa shape index (κ3) is 4.53. The Morgan fingerprint density at radius 3 is 2.53 bits per heavy atom. The highest BCUT2D eigenvalue weighted by atomic mass is 32.1. The van der Waals surface area contributed by atoms with Crippen LogP contribution in [0.4, 0.5) is 16.5 Å². The van der Waals surface area contributed by atoms with Crippen molar-refractivity contribution < 1.29 is 14.4 Å². The molecule has 1 aromatic heterocycles. The number of benzene rings is 3. The lowest BCUT2D eigenvalue weighted by Gasteiger charge is -2.16. The number of amides is 3. The van der Waals surface area contributed by atoms with Crippen molar-refractivity contribution in [2.24, 2.45) is 5.92 Å². The third-order valence-corrected chi connectivity index (χ3v) is 6.68. The van der Waals surface area contributed by atoms with Crippen LogP contribution in [-0.4, -0.2) is 29.3 Å². The van der Waals surface area contributed by atoms with Crippen molar-refractivity contribution >= 4 is 55.8 Å². The first-order valence-electron chi connectivity index (χ1n) is 10.9. The van der Waals surface area contributed by atoms with Gasteiger partial charge in [0, 0.05) is 29.9 Å². The Morgan fingerprint density at radius 1 is 1.00 bits per heavy atom. The molecule has 7 nitrogen and oxygen atoms in total. The van der Waals surface area contributed by atoms with Gasteiger partial charge in [-0.25, -0.2) is 4.98 Å². The number of aromatic nitrogens is 1. The number of aryl methyl sites for hydroxylation is 1. The normalized spacial score (nSPS) is 15.5. The molecule has 1 atom stereocenters. The monoisotopic (exact) mass is 470 g/mol. The number of hydrogen-bond acceptors (Lipinski definition) is 5. The van der Waals surface area contributed by atoms with Crippen molar-refractivity contribution in [3.8, 4) is 0 Å². The van der Waals surface area contributed by atoms with E-state index in [-0.39, 0.29) is 24.1 Å². The van der Waals surface area contributed by atoms with Crippen LogP contribution in [0.15, 0.2) is 72.8 Å². The first-order valence-corrected chi connectivity index (χ1v) is 11.7. The summed E-state index contributed by atoms with van der Waals surface area (Å²) in [6.45, 7) is 2.36. The van der Waals surface area contributed by atoms with Crippen LogP contribution in [-0.2, 0) is 9.59 Å². The van der Waals surface area contributed by atoms with Crippen LogP contribution in [0.3, 0.4) is 0 Å². The second-order valence-corrected chi connectivity index (χ2v) is 9.28. The Hall–Kier alpha value is -4.04. The summed E-state index contributed by atoms with van der Waals surface area (Å²) in [7, 11) is 0. The second-order valence-electron chi connectivity index (χ2n) is 8.25. The summed E-state index contributed by atoms with van der Waals surface area (Å²) >= 11 is 1.43. The number of thiazole rings is 1. The van der Waals surface area contributed by atoms with Crippen LogP contribution in [0.1, 0.15) is 22.3 Å². The summed E-state index contributed by atoms with van der Waals surface area (Å²) in [6, 6.07) is 22.0. The van der Waals surface area contributed by atoms with Crippen LogP contribution < -0.4 is 15.5 Å². The van der Waals surface area contributed by atoms with Gasteiger partial charge in [0.1, 0.15) is 0 Å². The van der Waals surface area contributed by atoms with Crippen molar-refractivity contribution in [1.29, 1.82) is 0 Å². The zero-order valence-electron chi connectivity index (χ0n) is 18.4. The Kier molecular flexibility index (Phi) is 5.81. The van der Waals surface area contributed by atoms with Crippen LogP contribution in [0, 0.1) is 12.8 Å². The first kappa shape index (κ1) is 21.8. The average molecular weight is 471 g/mol. The highest BCUT2D eigenvalue weighted by Crippen LogP contribution is 2.28. The molecule has 34 heavy (non-hydrogen) atoms. The predicted octanol–water partition coefficient (Wildman–Crippen LogP) is 4.85. The fourth-order valence-corrected chi connectivity index (χ4v) is 4.90. The molecule has 3 amide bonds. The Bertz CT molecular complexity index is 1380. The van der Waals surface area contributed by atoms with Crippen LogP contribution in [0.25, 0.3) is 10.2 Å². The summed E-state index contributed by atoms with van der Waals surface area (Å²) in [6.07, 6.45) is 0.170. The maximum absolute atomic E-state index is 12.7. The van der Waals surface area contributed by atoms with E-state index in [9.17, 15) is 14.4 Å². The molecule has 3 aromatic carbocycles. The molecule has 4 aromatic rings. The quantitative estimate of drug-likeness (QED) is 0.436. The average Bonchev–Trinajstić information content (AvgIpc) is 3.42. The lowest BCUT2D eigenvalue weighted by Crippen LogP contribution is -2.28. The van der Waals surface area contributed by atoms with Crippen LogP contribution in [0.5, 0.6) is 0 Å². The fraction of sp³-hybridized carbons (Fsp3) is 0.154. The van der Waals surface area contributed by atoms with E-state index in [1.165, 1.54) is 11.3 Å². The van der Waals surface area contributed by atoms with Gasteiger partial charge in [-0.2, -0.15) is 0 Å². The number of para-hydroxylation sites is 1. The first-order chi connectivity index (χ1) is 16.5. The van der Waals surface area contributed by atoms with E-state index >= 15 is 0 Å². The largest absolute Gasteiger partial charge is 0.326 e.